The summed E-state index contributed by atoms with van der Waals surface area (Å²) in [7, 11) is 0. The highest BCUT2D eigenvalue weighted by Crippen LogP contribution is 2.43. The maximum Gasteiger partial charge on any atom is 0.409 e. The highest BCUT2D eigenvalue weighted by molar-refractivity contribution is 5.80. The molecule has 4 aliphatic rings. The summed E-state index contributed by atoms with van der Waals surface area (Å²) in [6.45, 7) is 8.93. The fourth-order valence-electron chi connectivity index (χ4n) is 6.43. The zero-order chi connectivity index (χ0) is 22.8. The second-order valence-electron chi connectivity index (χ2n) is 10.7. The van der Waals surface area contributed by atoms with Crippen LogP contribution in [0.25, 0.3) is 0 Å². The molecule has 6 heteroatoms. The van der Waals surface area contributed by atoms with Gasteiger partial charge in [0.15, 0.2) is 0 Å². The molecule has 3 fully saturated rings. The van der Waals surface area contributed by atoms with Gasteiger partial charge in [-0.25, -0.2) is 4.79 Å². The van der Waals surface area contributed by atoms with Crippen LogP contribution < -0.4 is 0 Å². The van der Waals surface area contributed by atoms with Crippen molar-refractivity contribution in [3.63, 3.8) is 0 Å². The summed E-state index contributed by atoms with van der Waals surface area (Å²) >= 11 is 0. The van der Waals surface area contributed by atoms with Crippen LogP contribution in [0.5, 0.6) is 0 Å². The van der Waals surface area contributed by atoms with Crippen LogP contribution in [0.4, 0.5) is 4.79 Å². The Hall–Kier alpha value is -2.08. The fraction of sp³-hybridized carbons (Fsp3) is 0.704. The minimum absolute atomic E-state index is 0.109. The molecule has 1 spiro atoms. The Labute approximate surface area is 198 Å². The van der Waals surface area contributed by atoms with Crippen LogP contribution in [0.15, 0.2) is 24.3 Å². The Morgan fingerprint density at radius 3 is 2.39 bits per heavy atom. The average Bonchev–Trinajstić information content (AvgIpc) is 2.80. The molecule has 1 saturated carbocycles. The molecular formula is C27H39N3O3. The zero-order valence-electron chi connectivity index (χ0n) is 20.1. The van der Waals surface area contributed by atoms with Crippen LogP contribution >= 0.6 is 0 Å². The number of fused-ring (bicyclic) bond motifs is 2. The summed E-state index contributed by atoms with van der Waals surface area (Å²) in [5.74, 6) is 1.32. The lowest BCUT2D eigenvalue weighted by Crippen LogP contribution is -2.55. The Bertz CT molecular complexity index is 852. The van der Waals surface area contributed by atoms with Crippen molar-refractivity contribution in [3.05, 3.63) is 35.4 Å². The van der Waals surface area contributed by atoms with E-state index >= 15 is 0 Å². The van der Waals surface area contributed by atoms with Crippen molar-refractivity contribution in [1.82, 2.24) is 14.7 Å². The summed E-state index contributed by atoms with van der Waals surface area (Å²) in [6.07, 6.45) is 7.58. The molecule has 3 aliphatic heterocycles. The van der Waals surface area contributed by atoms with Gasteiger partial charge >= 0.3 is 6.09 Å². The molecule has 5 rings (SSSR count). The van der Waals surface area contributed by atoms with Crippen molar-refractivity contribution in [2.45, 2.75) is 63.8 Å². The van der Waals surface area contributed by atoms with Crippen molar-refractivity contribution in [1.29, 1.82) is 0 Å². The first-order valence-electron chi connectivity index (χ1n) is 13.1. The molecule has 0 radical (unpaired) electrons. The van der Waals surface area contributed by atoms with E-state index in [-0.39, 0.29) is 17.4 Å². The Balaban J connectivity index is 1.19. The van der Waals surface area contributed by atoms with Gasteiger partial charge in [0.25, 0.3) is 0 Å². The molecule has 2 saturated heterocycles. The standard InChI is InChI=1S/C27H39N3O3/c1-2-33-26(32)29-14-10-21(11-15-29)18-28-16-12-27(13-17-28)20-30(25(31)22-7-5-8-22)19-23-6-3-4-9-24(23)27/h3-4,6,9,21-22H,2,5,7-8,10-20H2,1H3. The van der Waals surface area contributed by atoms with Crippen LogP contribution in [0.3, 0.4) is 0 Å². The lowest BCUT2D eigenvalue weighted by molar-refractivity contribution is -0.140. The molecule has 0 unspecified atom stereocenters. The molecule has 0 atom stereocenters. The van der Waals surface area contributed by atoms with Gasteiger partial charge in [0.05, 0.1) is 6.61 Å². The van der Waals surface area contributed by atoms with E-state index < -0.39 is 0 Å². The number of benzene rings is 1. The predicted molar refractivity (Wildman–Crippen MR) is 128 cm³/mol. The molecule has 1 aliphatic carbocycles. The third-order valence-electron chi connectivity index (χ3n) is 8.68. The van der Waals surface area contributed by atoms with E-state index in [0.29, 0.717) is 18.4 Å². The molecule has 180 valence electrons. The first-order valence-corrected chi connectivity index (χ1v) is 13.1. The highest BCUT2D eigenvalue weighted by atomic mass is 16.6. The van der Waals surface area contributed by atoms with Gasteiger partial charge in [0, 0.05) is 44.1 Å². The van der Waals surface area contributed by atoms with Gasteiger partial charge in [-0.2, -0.15) is 0 Å². The van der Waals surface area contributed by atoms with Gasteiger partial charge in [-0.05, 0) is 75.6 Å². The second-order valence-corrected chi connectivity index (χ2v) is 10.7. The minimum Gasteiger partial charge on any atom is -0.450 e. The van der Waals surface area contributed by atoms with E-state index in [4.69, 9.17) is 4.74 Å². The van der Waals surface area contributed by atoms with E-state index in [1.165, 1.54) is 17.5 Å². The zero-order valence-corrected chi connectivity index (χ0v) is 20.1. The molecular weight excluding hydrogens is 414 g/mol. The van der Waals surface area contributed by atoms with Gasteiger partial charge in [0.1, 0.15) is 0 Å². The van der Waals surface area contributed by atoms with Gasteiger partial charge in [-0.1, -0.05) is 30.7 Å². The number of hydrogen-bond donors (Lipinski definition) is 0. The third-order valence-corrected chi connectivity index (χ3v) is 8.68. The minimum atomic E-state index is -0.159. The monoisotopic (exact) mass is 453 g/mol. The second kappa shape index (κ2) is 9.65. The molecule has 1 aromatic carbocycles. The van der Waals surface area contributed by atoms with E-state index in [9.17, 15) is 9.59 Å². The number of rotatable bonds is 4. The number of hydrogen-bond acceptors (Lipinski definition) is 4. The van der Waals surface area contributed by atoms with E-state index in [1.54, 1.807) is 0 Å². The molecule has 1 aromatic rings. The number of nitrogens with zero attached hydrogens (tertiary/aromatic N) is 3. The lowest BCUT2D eigenvalue weighted by Gasteiger charge is -2.50. The topological polar surface area (TPSA) is 53.1 Å². The Kier molecular flexibility index (Phi) is 6.64. The Morgan fingerprint density at radius 2 is 1.73 bits per heavy atom. The third kappa shape index (κ3) is 4.64. The summed E-state index contributed by atoms with van der Waals surface area (Å²) in [5.41, 5.74) is 2.96. The molecule has 2 amide bonds. The van der Waals surface area contributed by atoms with Crippen molar-refractivity contribution in [2.75, 3.05) is 45.9 Å². The number of piperidine rings is 2. The number of amides is 2. The predicted octanol–water partition coefficient (Wildman–Crippen LogP) is 4.03. The number of likely N-dealkylation sites (tertiary alicyclic amines) is 2. The van der Waals surface area contributed by atoms with Crippen LogP contribution in [-0.2, 0) is 21.5 Å². The maximum atomic E-state index is 13.1. The molecule has 33 heavy (non-hydrogen) atoms. The number of carbonyl (C=O) groups is 2. The van der Waals surface area contributed by atoms with Crippen molar-refractivity contribution in [3.8, 4) is 0 Å². The molecule has 0 bridgehead atoms. The van der Waals surface area contributed by atoms with E-state index in [0.717, 1.165) is 84.3 Å². The van der Waals surface area contributed by atoms with Crippen LogP contribution in [0, 0.1) is 11.8 Å². The fourth-order valence-corrected chi connectivity index (χ4v) is 6.43. The lowest BCUT2D eigenvalue weighted by atomic mass is 9.68. The average molecular weight is 454 g/mol. The highest BCUT2D eigenvalue weighted by Gasteiger charge is 2.44. The normalized spacial score (nSPS) is 23.8. The molecule has 6 nitrogen and oxygen atoms in total. The first-order chi connectivity index (χ1) is 16.1. The van der Waals surface area contributed by atoms with Gasteiger partial charge in [0.2, 0.25) is 5.91 Å². The van der Waals surface area contributed by atoms with Crippen LogP contribution in [0.1, 0.15) is 63.0 Å². The first kappa shape index (κ1) is 22.7. The summed E-state index contributed by atoms with van der Waals surface area (Å²) in [5, 5.41) is 0. The summed E-state index contributed by atoms with van der Waals surface area (Å²) in [4.78, 5) is 31.8. The van der Waals surface area contributed by atoms with Crippen molar-refractivity contribution in [2.24, 2.45) is 11.8 Å². The smallest absolute Gasteiger partial charge is 0.409 e. The van der Waals surface area contributed by atoms with Crippen molar-refractivity contribution < 1.29 is 14.3 Å². The van der Waals surface area contributed by atoms with Crippen LogP contribution in [-0.4, -0.2) is 72.6 Å². The summed E-state index contributed by atoms with van der Waals surface area (Å²) < 4.78 is 5.16. The number of carbonyl (C=O) groups excluding carboxylic acids is 2. The largest absolute Gasteiger partial charge is 0.450 e. The number of ether oxygens (including phenoxy) is 1. The summed E-state index contributed by atoms with van der Waals surface area (Å²) in [6, 6.07) is 8.86. The molecule has 0 N–H and O–H groups in total. The van der Waals surface area contributed by atoms with E-state index in [1.807, 2.05) is 11.8 Å². The Morgan fingerprint density at radius 1 is 1.00 bits per heavy atom. The van der Waals surface area contributed by atoms with Gasteiger partial charge < -0.3 is 19.4 Å². The maximum absolute atomic E-state index is 13.1. The van der Waals surface area contributed by atoms with Gasteiger partial charge in [-0.3, -0.25) is 4.79 Å². The molecule has 0 aromatic heterocycles. The SMILES string of the molecule is CCOC(=O)N1CCC(CN2CCC3(CC2)CN(C(=O)C2CCC2)Cc2ccccc23)CC1. The van der Waals surface area contributed by atoms with Crippen molar-refractivity contribution >= 4 is 12.0 Å². The van der Waals surface area contributed by atoms with Gasteiger partial charge in [-0.15, -0.1) is 0 Å². The van der Waals surface area contributed by atoms with E-state index in [2.05, 4.69) is 34.1 Å². The molecule has 3 heterocycles. The van der Waals surface area contributed by atoms with Crippen LogP contribution in [0.2, 0.25) is 0 Å². The quantitative estimate of drug-likeness (QED) is 0.691.